The van der Waals surface area contributed by atoms with Crippen LogP contribution in [-0.2, 0) is 4.79 Å². The van der Waals surface area contributed by atoms with Gasteiger partial charge in [0, 0.05) is 48.9 Å². The molecule has 8 heteroatoms. The van der Waals surface area contributed by atoms with Gasteiger partial charge in [-0.25, -0.2) is 8.78 Å². The van der Waals surface area contributed by atoms with Gasteiger partial charge in [-0.3, -0.25) is 4.79 Å². The van der Waals surface area contributed by atoms with Crippen LogP contribution in [-0.4, -0.2) is 71.7 Å². The molecule has 0 spiro atoms. The molecule has 0 bridgehead atoms. The second-order valence-electron chi connectivity index (χ2n) is 10.5. The second kappa shape index (κ2) is 11.7. The number of H-pyrrole nitrogens is 1. The predicted molar refractivity (Wildman–Crippen MR) is 144 cm³/mol. The van der Waals surface area contributed by atoms with Crippen molar-refractivity contribution in [2.24, 2.45) is 5.92 Å². The maximum atomic E-state index is 13.4. The van der Waals surface area contributed by atoms with Gasteiger partial charge in [-0.05, 0) is 98.1 Å². The van der Waals surface area contributed by atoms with E-state index in [1.54, 1.807) is 12.0 Å². The number of benzene rings is 2. The molecule has 5 rings (SSSR count). The molecule has 1 amide bonds. The molecule has 6 nitrogen and oxygen atoms in total. The topological polar surface area (TPSA) is 68.8 Å². The molecule has 2 aliphatic heterocycles. The Labute approximate surface area is 221 Å². The van der Waals surface area contributed by atoms with Crippen LogP contribution in [0.15, 0.2) is 48.7 Å². The Morgan fingerprint density at radius 3 is 2.47 bits per heavy atom. The van der Waals surface area contributed by atoms with E-state index in [4.69, 9.17) is 4.74 Å². The first-order valence-electron chi connectivity index (χ1n) is 13.4. The van der Waals surface area contributed by atoms with E-state index in [2.05, 4.69) is 28.2 Å². The highest BCUT2D eigenvalue weighted by Crippen LogP contribution is 2.35. The number of rotatable bonds is 7. The van der Waals surface area contributed by atoms with Crippen molar-refractivity contribution in [3.8, 4) is 5.75 Å². The van der Waals surface area contributed by atoms with Gasteiger partial charge < -0.3 is 24.6 Å². The molecule has 2 N–H and O–H groups in total. The number of carbonyl (C=O) groups excluding carboxylic acids is 1. The molecule has 2 saturated heterocycles. The van der Waals surface area contributed by atoms with Crippen molar-refractivity contribution in [1.29, 1.82) is 0 Å². The highest BCUT2D eigenvalue weighted by Gasteiger charge is 2.30. The highest BCUT2D eigenvalue weighted by molar-refractivity contribution is 5.91. The summed E-state index contributed by atoms with van der Waals surface area (Å²) in [5.41, 5.74) is 2.78. The maximum absolute atomic E-state index is 13.4. The van der Waals surface area contributed by atoms with Crippen LogP contribution in [0.1, 0.15) is 42.7 Å². The Kier molecular flexibility index (Phi) is 8.09. The van der Waals surface area contributed by atoms with E-state index in [0.717, 1.165) is 56.1 Å². The van der Waals surface area contributed by atoms with E-state index >= 15 is 0 Å². The number of methoxy groups -OCH3 is 1. The summed E-state index contributed by atoms with van der Waals surface area (Å²) >= 11 is 0. The number of ether oxygens (including phenoxy) is 1. The fourth-order valence-electron chi connectivity index (χ4n) is 5.88. The van der Waals surface area contributed by atoms with Crippen LogP contribution in [0.3, 0.4) is 0 Å². The number of carbonyl (C=O) groups is 1. The largest absolute Gasteiger partial charge is 0.497 e. The number of aromatic nitrogens is 1. The van der Waals surface area contributed by atoms with E-state index in [1.165, 1.54) is 35.2 Å². The maximum Gasteiger partial charge on any atom is 0.246 e. The number of amides is 1. The fraction of sp³-hybridized carbons (Fsp3) is 0.433. The molecular formula is C30H35F2N3O3. The summed E-state index contributed by atoms with van der Waals surface area (Å²) in [4.78, 5) is 20.0. The van der Waals surface area contributed by atoms with Crippen LogP contribution >= 0.6 is 0 Å². The zero-order chi connectivity index (χ0) is 26.6. The van der Waals surface area contributed by atoms with Gasteiger partial charge in [0.1, 0.15) is 17.4 Å². The number of hydrogen-bond donors (Lipinski definition) is 2. The standard InChI is InChI=1S/C30H35F2N3O3/c1-38-25-3-4-28-26(17-25)27(18-33-28)21-6-10-34(11-7-21)19-29(36)22-8-12-35(13-9-22)30(37)5-2-20-14-23(31)16-24(32)15-20/h2-5,14-18,21-22,29,33,36H,6-13,19H2,1H3/b5-2+. The lowest BCUT2D eigenvalue weighted by Crippen LogP contribution is -2.45. The van der Waals surface area contributed by atoms with Crippen molar-refractivity contribution in [3.05, 3.63) is 71.4 Å². The Morgan fingerprint density at radius 2 is 1.79 bits per heavy atom. The Balaban J connectivity index is 1.08. The van der Waals surface area contributed by atoms with Crippen LogP contribution in [0.2, 0.25) is 0 Å². The molecule has 202 valence electrons. The van der Waals surface area contributed by atoms with Crippen molar-refractivity contribution < 1.29 is 23.4 Å². The van der Waals surface area contributed by atoms with Crippen LogP contribution in [0.25, 0.3) is 17.0 Å². The summed E-state index contributed by atoms with van der Waals surface area (Å²) in [6, 6.07) is 9.32. The first kappa shape index (κ1) is 26.4. The molecule has 0 radical (unpaired) electrons. The molecule has 0 aliphatic carbocycles. The summed E-state index contributed by atoms with van der Waals surface area (Å²) in [7, 11) is 1.69. The molecule has 2 aliphatic rings. The summed E-state index contributed by atoms with van der Waals surface area (Å²) < 4.78 is 32.1. The van der Waals surface area contributed by atoms with Crippen molar-refractivity contribution >= 4 is 22.9 Å². The van der Waals surface area contributed by atoms with Crippen molar-refractivity contribution in [2.75, 3.05) is 39.8 Å². The fourth-order valence-corrected chi connectivity index (χ4v) is 5.88. The predicted octanol–water partition coefficient (Wildman–Crippen LogP) is 4.95. The number of piperidine rings is 2. The molecule has 3 aromatic rings. The summed E-state index contributed by atoms with van der Waals surface area (Å²) in [6.07, 6.45) is 8.07. The number of halogens is 2. The third-order valence-corrected chi connectivity index (χ3v) is 8.09. The van der Waals surface area contributed by atoms with Gasteiger partial charge in [-0.1, -0.05) is 0 Å². The minimum absolute atomic E-state index is 0.152. The number of nitrogens with zero attached hydrogens (tertiary/aromatic N) is 2. The number of aliphatic hydroxyl groups is 1. The summed E-state index contributed by atoms with van der Waals surface area (Å²) in [5.74, 6) is -0.0247. The minimum atomic E-state index is -0.672. The molecule has 38 heavy (non-hydrogen) atoms. The molecule has 2 fully saturated rings. The van der Waals surface area contributed by atoms with Gasteiger partial charge in [0.2, 0.25) is 5.91 Å². The van der Waals surface area contributed by atoms with E-state index < -0.39 is 17.7 Å². The van der Waals surface area contributed by atoms with Crippen LogP contribution in [0, 0.1) is 17.6 Å². The second-order valence-corrected chi connectivity index (χ2v) is 10.5. The number of hydrogen-bond acceptors (Lipinski definition) is 4. The van der Waals surface area contributed by atoms with E-state index in [0.29, 0.717) is 31.1 Å². The molecule has 1 unspecified atom stereocenters. The molecule has 0 saturated carbocycles. The van der Waals surface area contributed by atoms with Gasteiger partial charge in [-0.15, -0.1) is 0 Å². The van der Waals surface area contributed by atoms with E-state index in [9.17, 15) is 18.7 Å². The quantitative estimate of drug-likeness (QED) is 0.430. The van der Waals surface area contributed by atoms with Gasteiger partial charge in [0.25, 0.3) is 0 Å². The van der Waals surface area contributed by atoms with Gasteiger partial charge >= 0.3 is 0 Å². The average molecular weight is 524 g/mol. The number of likely N-dealkylation sites (tertiary alicyclic amines) is 2. The smallest absolute Gasteiger partial charge is 0.246 e. The minimum Gasteiger partial charge on any atom is -0.497 e. The SMILES string of the molecule is COc1ccc2[nH]cc(C3CCN(CC(O)C4CCN(C(=O)/C=C/c5cc(F)cc(F)c5)CC4)CC3)c2c1. The number of aliphatic hydroxyl groups excluding tert-OH is 1. The Hall–Kier alpha value is -3.23. The lowest BCUT2D eigenvalue weighted by Gasteiger charge is -2.37. The normalized spacial score (nSPS) is 18.9. The Morgan fingerprint density at radius 1 is 1.08 bits per heavy atom. The Bertz CT molecular complexity index is 1270. The van der Waals surface area contributed by atoms with Gasteiger partial charge in [-0.2, -0.15) is 0 Å². The molecular weight excluding hydrogens is 488 g/mol. The number of aromatic amines is 1. The first-order valence-corrected chi connectivity index (χ1v) is 13.4. The molecule has 2 aromatic carbocycles. The third-order valence-electron chi connectivity index (χ3n) is 8.09. The van der Waals surface area contributed by atoms with Crippen molar-refractivity contribution in [2.45, 2.75) is 37.7 Å². The monoisotopic (exact) mass is 523 g/mol. The number of β-amino-alcohol motifs (C(OH)–C–C–N with tert-alkyl or cyclic N) is 1. The molecule has 3 heterocycles. The highest BCUT2D eigenvalue weighted by atomic mass is 19.1. The zero-order valence-electron chi connectivity index (χ0n) is 21.7. The van der Waals surface area contributed by atoms with Crippen molar-refractivity contribution in [1.82, 2.24) is 14.8 Å². The first-order chi connectivity index (χ1) is 18.4. The van der Waals surface area contributed by atoms with Crippen molar-refractivity contribution in [3.63, 3.8) is 0 Å². The van der Waals surface area contributed by atoms with Crippen LogP contribution < -0.4 is 4.74 Å². The zero-order valence-corrected chi connectivity index (χ0v) is 21.7. The average Bonchev–Trinajstić information content (AvgIpc) is 3.35. The summed E-state index contributed by atoms with van der Waals surface area (Å²) in [5, 5.41) is 12.2. The number of nitrogens with one attached hydrogen (secondary N) is 1. The van der Waals surface area contributed by atoms with E-state index in [1.807, 2.05) is 6.07 Å². The van der Waals surface area contributed by atoms with Crippen LogP contribution in [0.4, 0.5) is 8.78 Å². The molecule has 1 atom stereocenters. The van der Waals surface area contributed by atoms with Crippen LogP contribution in [0.5, 0.6) is 5.75 Å². The molecule has 1 aromatic heterocycles. The van der Waals surface area contributed by atoms with Gasteiger partial charge in [0.15, 0.2) is 0 Å². The third kappa shape index (κ3) is 6.08. The lowest BCUT2D eigenvalue weighted by atomic mass is 9.87. The van der Waals surface area contributed by atoms with E-state index in [-0.39, 0.29) is 11.8 Å². The number of fused-ring (bicyclic) bond motifs is 1. The van der Waals surface area contributed by atoms with Gasteiger partial charge in [0.05, 0.1) is 13.2 Å². The lowest BCUT2D eigenvalue weighted by molar-refractivity contribution is -0.128. The summed E-state index contributed by atoms with van der Waals surface area (Å²) in [6.45, 7) is 3.67.